The summed E-state index contributed by atoms with van der Waals surface area (Å²) in [5.74, 6) is -2.83. The van der Waals surface area contributed by atoms with E-state index in [0.29, 0.717) is 12.1 Å². The molecule has 1 aromatic carbocycles. The van der Waals surface area contributed by atoms with Gasteiger partial charge in [-0.25, -0.2) is 18.2 Å². The summed E-state index contributed by atoms with van der Waals surface area (Å²) in [7, 11) is 0. The van der Waals surface area contributed by atoms with E-state index in [0.717, 1.165) is 15.6 Å². The van der Waals surface area contributed by atoms with Crippen LogP contribution in [0, 0.1) is 31.3 Å². The molecule has 2 aromatic rings. The first-order valence-corrected chi connectivity index (χ1v) is 6.10. The molecule has 1 heterocycles. The fraction of sp³-hybridized carbons (Fsp3) is 0.250. The largest absolute Gasteiger partial charge is 0.374 e. The van der Waals surface area contributed by atoms with Crippen molar-refractivity contribution in [1.29, 1.82) is 0 Å². The Kier molecular flexibility index (Phi) is 3.56. The minimum atomic E-state index is -0.947. The molecule has 0 aliphatic heterocycles. The summed E-state index contributed by atoms with van der Waals surface area (Å²) in [6.45, 7) is 4.00. The third-order valence-corrected chi connectivity index (χ3v) is 3.57. The first-order valence-electron chi connectivity index (χ1n) is 5.28. The van der Waals surface area contributed by atoms with Crippen molar-refractivity contribution in [3.05, 3.63) is 45.2 Å². The van der Waals surface area contributed by atoms with Crippen LogP contribution < -0.4 is 5.32 Å². The van der Waals surface area contributed by atoms with E-state index in [-0.39, 0.29) is 12.2 Å². The van der Waals surface area contributed by atoms with Crippen LogP contribution in [0.4, 0.5) is 18.9 Å². The number of halogens is 3. The molecule has 2 rings (SSSR count). The number of rotatable bonds is 3. The van der Waals surface area contributed by atoms with Gasteiger partial charge in [0.25, 0.3) is 0 Å². The van der Waals surface area contributed by atoms with Crippen molar-refractivity contribution in [3.63, 3.8) is 0 Å². The Labute approximate surface area is 106 Å². The van der Waals surface area contributed by atoms with Gasteiger partial charge in [-0.1, -0.05) is 0 Å². The van der Waals surface area contributed by atoms with E-state index >= 15 is 0 Å². The maximum Gasteiger partial charge on any atom is 0.152 e. The van der Waals surface area contributed by atoms with Gasteiger partial charge in [0.15, 0.2) is 11.6 Å². The van der Waals surface area contributed by atoms with Crippen molar-refractivity contribution >= 4 is 17.0 Å². The lowest BCUT2D eigenvalue weighted by Gasteiger charge is -2.07. The molecule has 0 aliphatic rings. The second-order valence-electron chi connectivity index (χ2n) is 3.85. The first-order chi connectivity index (χ1) is 8.47. The number of aromatic nitrogens is 1. The van der Waals surface area contributed by atoms with Crippen LogP contribution in [-0.2, 0) is 6.54 Å². The summed E-state index contributed by atoms with van der Waals surface area (Å²) in [5, 5.41) is 3.33. The number of nitrogens with one attached hydrogen (secondary N) is 1. The van der Waals surface area contributed by atoms with Crippen LogP contribution in [0.3, 0.4) is 0 Å². The molecule has 0 amide bonds. The Balaban J connectivity index is 2.15. The SMILES string of the molecule is Cc1nc(CNc2c(F)cc(F)cc2F)sc1C. The van der Waals surface area contributed by atoms with Crippen LogP contribution >= 0.6 is 11.3 Å². The maximum absolute atomic E-state index is 13.3. The smallest absolute Gasteiger partial charge is 0.152 e. The van der Waals surface area contributed by atoms with Crippen LogP contribution in [0.15, 0.2) is 12.1 Å². The highest BCUT2D eigenvalue weighted by Gasteiger charge is 2.12. The van der Waals surface area contributed by atoms with E-state index in [4.69, 9.17) is 0 Å². The Morgan fingerprint density at radius 2 is 1.78 bits per heavy atom. The molecule has 0 saturated carbocycles. The van der Waals surface area contributed by atoms with E-state index in [1.165, 1.54) is 11.3 Å². The zero-order valence-electron chi connectivity index (χ0n) is 9.85. The van der Waals surface area contributed by atoms with Gasteiger partial charge < -0.3 is 5.32 Å². The van der Waals surface area contributed by atoms with Gasteiger partial charge in [-0.15, -0.1) is 11.3 Å². The molecule has 0 saturated heterocycles. The van der Waals surface area contributed by atoms with Crippen molar-refractivity contribution in [1.82, 2.24) is 4.98 Å². The summed E-state index contributed by atoms with van der Waals surface area (Å²) >= 11 is 1.46. The summed E-state index contributed by atoms with van der Waals surface area (Å²) in [4.78, 5) is 5.30. The predicted molar refractivity (Wildman–Crippen MR) is 65.2 cm³/mol. The van der Waals surface area contributed by atoms with Gasteiger partial charge in [-0.05, 0) is 13.8 Å². The fourth-order valence-corrected chi connectivity index (χ4v) is 2.36. The molecular formula is C12H11F3N2S. The molecule has 18 heavy (non-hydrogen) atoms. The molecule has 1 aromatic heterocycles. The molecular weight excluding hydrogens is 261 g/mol. The predicted octanol–water partition coefficient (Wildman–Crippen LogP) is 3.79. The second kappa shape index (κ2) is 4.97. The normalized spacial score (nSPS) is 10.7. The molecule has 0 bridgehead atoms. The van der Waals surface area contributed by atoms with E-state index in [1.54, 1.807) is 0 Å². The Bertz CT molecular complexity index is 538. The third kappa shape index (κ3) is 2.64. The van der Waals surface area contributed by atoms with Gasteiger partial charge in [0.1, 0.15) is 16.5 Å². The molecule has 0 aliphatic carbocycles. The van der Waals surface area contributed by atoms with Gasteiger partial charge in [-0.2, -0.15) is 0 Å². The molecule has 0 spiro atoms. The molecule has 96 valence electrons. The molecule has 0 radical (unpaired) electrons. The average molecular weight is 272 g/mol. The molecule has 6 heteroatoms. The van der Waals surface area contributed by atoms with Gasteiger partial charge in [-0.3, -0.25) is 0 Å². The number of nitrogens with zero attached hydrogens (tertiary/aromatic N) is 1. The number of benzene rings is 1. The highest BCUT2D eigenvalue weighted by atomic mass is 32.1. The molecule has 0 fully saturated rings. The lowest BCUT2D eigenvalue weighted by molar-refractivity contribution is 0.547. The van der Waals surface area contributed by atoms with E-state index < -0.39 is 17.5 Å². The van der Waals surface area contributed by atoms with Crippen molar-refractivity contribution in [2.75, 3.05) is 5.32 Å². The Hall–Kier alpha value is -1.56. The van der Waals surface area contributed by atoms with Gasteiger partial charge in [0.2, 0.25) is 0 Å². The molecule has 2 nitrogen and oxygen atoms in total. The first kappa shape index (κ1) is 12.9. The van der Waals surface area contributed by atoms with Crippen LogP contribution in [0.2, 0.25) is 0 Å². The van der Waals surface area contributed by atoms with Crippen molar-refractivity contribution < 1.29 is 13.2 Å². The summed E-state index contributed by atoms with van der Waals surface area (Å²) < 4.78 is 39.4. The van der Waals surface area contributed by atoms with E-state index in [9.17, 15) is 13.2 Å². The summed E-state index contributed by atoms with van der Waals surface area (Å²) in [6.07, 6.45) is 0. The number of hydrogen-bond acceptors (Lipinski definition) is 3. The quantitative estimate of drug-likeness (QED) is 0.919. The third-order valence-electron chi connectivity index (χ3n) is 2.50. The van der Waals surface area contributed by atoms with Crippen LogP contribution in [0.5, 0.6) is 0 Å². The van der Waals surface area contributed by atoms with Gasteiger partial charge in [0, 0.05) is 17.0 Å². The van der Waals surface area contributed by atoms with Crippen molar-refractivity contribution in [3.8, 4) is 0 Å². The highest BCUT2D eigenvalue weighted by Crippen LogP contribution is 2.22. The van der Waals surface area contributed by atoms with E-state index in [2.05, 4.69) is 10.3 Å². The van der Waals surface area contributed by atoms with Crippen LogP contribution in [0.1, 0.15) is 15.6 Å². The van der Waals surface area contributed by atoms with E-state index in [1.807, 2.05) is 13.8 Å². The molecule has 1 N–H and O–H groups in total. The number of aryl methyl sites for hydroxylation is 2. The van der Waals surface area contributed by atoms with Gasteiger partial charge in [0.05, 0.1) is 12.2 Å². The topological polar surface area (TPSA) is 24.9 Å². The zero-order valence-corrected chi connectivity index (χ0v) is 10.7. The number of thiazole rings is 1. The van der Waals surface area contributed by atoms with Crippen molar-refractivity contribution in [2.45, 2.75) is 20.4 Å². The average Bonchev–Trinajstić information content (AvgIpc) is 2.56. The minimum absolute atomic E-state index is 0.207. The van der Waals surface area contributed by atoms with Crippen molar-refractivity contribution in [2.24, 2.45) is 0 Å². The zero-order chi connectivity index (χ0) is 13.3. The Morgan fingerprint density at radius 3 is 2.28 bits per heavy atom. The standard InChI is InChI=1S/C12H11F3N2S/c1-6-7(2)18-11(17-6)5-16-12-9(14)3-8(13)4-10(12)15/h3-4,16H,5H2,1-2H3. The lowest BCUT2D eigenvalue weighted by atomic mass is 10.3. The van der Waals surface area contributed by atoms with Gasteiger partial charge >= 0.3 is 0 Å². The second-order valence-corrected chi connectivity index (χ2v) is 5.13. The van der Waals surface area contributed by atoms with Crippen LogP contribution in [0.25, 0.3) is 0 Å². The highest BCUT2D eigenvalue weighted by molar-refractivity contribution is 7.11. The summed E-state index contributed by atoms with van der Waals surface area (Å²) in [5.41, 5.74) is 0.568. The number of hydrogen-bond donors (Lipinski definition) is 1. The maximum atomic E-state index is 13.3. The summed E-state index contributed by atoms with van der Waals surface area (Å²) in [6, 6.07) is 1.29. The molecule has 0 atom stereocenters. The Morgan fingerprint density at radius 1 is 1.17 bits per heavy atom. The lowest BCUT2D eigenvalue weighted by Crippen LogP contribution is -2.04. The number of anilines is 1. The fourth-order valence-electron chi connectivity index (χ4n) is 1.49. The monoisotopic (exact) mass is 272 g/mol. The molecule has 0 unspecified atom stereocenters. The minimum Gasteiger partial charge on any atom is -0.374 e. The van der Waals surface area contributed by atoms with Crippen LogP contribution in [-0.4, -0.2) is 4.98 Å².